The maximum Gasteiger partial charge on any atom is 0.333 e. The van der Waals surface area contributed by atoms with Crippen molar-refractivity contribution in [1.29, 1.82) is 0 Å². The fraction of sp³-hybridized carbons (Fsp3) is 0. The van der Waals surface area contributed by atoms with E-state index >= 15 is 0 Å². The zero-order chi connectivity index (χ0) is 19.4. The number of benzene rings is 3. The molecule has 136 valence electrons. The summed E-state index contributed by atoms with van der Waals surface area (Å²) in [7, 11) is 0. The van der Waals surface area contributed by atoms with Gasteiger partial charge in [-0.1, -0.05) is 12.1 Å². The fourth-order valence-electron chi connectivity index (χ4n) is 2.45. The maximum atomic E-state index is 12.4. The molecule has 0 aliphatic carbocycles. The predicted octanol–water partition coefficient (Wildman–Crippen LogP) is 4.16. The molecule has 0 amide bonds. The summed E-state index contributed by atoms with van der Waals surface area (Å²) in [6.07, 6.45) is 0. The minimum Gasteiger partial charge on any atom is -0.399 e. The molecule has 1 heterocycles. The molecular weight excluding hydrogens is 568 g/mol. The monoisotopic (exact) mass is 583 g/mol. The van der Waals surface area contributed by atoms with Crippen molar-refractivity contribution in [3.8, 4) is 5.69 Å². The van der Waals surface area contributed by atoms with E-state index in [4.69, 9.17) is 5.73 Å². The Balaban J connectivity index is 0.000000221. The van der Waals surface area contributed by atoms with Gasteiger partial charge in [-0.25, -0.2) is 9.36 Å². The van der Waals surface area contributed by atoms with Crippen LogP contribution < -0.4 is 17.0 Å². The number of hydrogen-bond acceptors (Lipinski definition) is 3. The van der Waals surface area contributed by atoms with E-state index in [1.54, 1.807) is 36.4 Å². The molecular formula is C20H15I2N3O2. The first kappa shape index (κ1) is 19.6. The molecule has 0 aliphatic rings. The molecule has 0 bridgehead atoms. The number of rotatable bonds is 1. The predicted molar refractivity (Wildman–Crippen MR) is 126 cm³/mol. The zero-order valence-electron chi connectivity index (χ0n) is 14.0. The third kappa shape index (κ3) is 4.78. The van der Waals surface area contributed by atoms with E-state index in [9.17, 15) is 9.59 Å². The first-order valence-corrected chi connectivity index (χ1v) is 10.1. The van der Waals surface area contributed by atoms with Crippen LogP contribution in [-0.4, -0.2) is 9.55 Å². The van der Waals surface area contributed by atoms with Gasteiger partial charge in [-0.2, -0.15) is 0 Å². The topological polar surface area (TPSA) is 80.9 Å². The van der Waals surface area contributed by atoms with Crippen LogP contribution in [0.15, 0.2) is 82.4 Å². The smallest absolute Gasteiger partial charge is 0.333 e. The highest BCUT2D eigenvalue weighted by atomic mass is 127. The first-order valence-electron chi connectivity index (χ1n) is 7.97. The van der Waals surface area contributed by atoms with Gasteiger partial charge in [0.1, 0.15) is 0 Å². The lowest BCUT2D eigenvalue weighted by Crippen LogP contribution is -2.33. The Labute approximate surface area is 182 Å². The van der Waals surface area contributed by atoms with Crippen molar-refractivity contribution in [2.24, 2.45) is 0 Å². The number of anilines is 1. The van der Waals surface area contributed by atoms with Crippen molar-refractivity contribution in [3.05, 3.63) is 101 Å². The molecule has 7 heteroatoms. The van der Waals surface area contributed by atoms with Crippen LogP contribution in [0.1, 0.15) is 0 Å². The number of para-hydroxylation sites is 1. The van der Waals surface area contributed by atoms with E-state index < -0.39 is 5.69 Å². The van der Waals surface area contributed by atoms with Crippen LogP contribution in [0.4, 0.5) is 5.69 Å². The number of hydrogen-bond donors (Lipinski definition) is 2. The number of halogens is 2. The van der Waals surface area contributed by atoms with Gasteiger partial charge in [0.15, 0.2) is 0 Å². The van der Waals surface area contributed by atoms with E-state index in [0.717, 1.165) is 13.8 Å². The van der Waals surface area contributed by atoms with Gasteiger partial charge in [-0.15, -0.1) is 0 Å². The van der Waals surface area contributed by atoms with E-state index in [1.807, 2.05) is 36.4 Å². The Kier molecular flexibility index (Phi) is 6.32. The van der Waals surface area contributed by atoms with Crippen molar-refractivity contribution in [2.45, 2.75) is 0 Å². The van der Waals surface area contributed by atoms with Crippen LogP contribution in [0, 0.1) is 7.14 Å². The Morgan fingerprint density at radius 2 is 1.33 bits per heavy atom. The molecule has 1 aromatic heterocycles. The number of fused-ring (bicyclic) bond motifs is 1. The fourth-order valence-corrected chi connectivity index (χ4v) is 3.17. The lowest BCUT2D eigenvalue weighted by Gasteiger charge is -2.06. The molecule has 0 fully saturated rings. The molecule has 0 atom stereocenters. The van der Waals surface area contributed by atoms with Gasteiger partial charge in [0.2, 0.25) is 0 Å². The molecule has 0 spiro atoms. The molecule has 0 radical (unpaired) electrons. The molecule has 4 aromatic rings. The van der Waals surface area contributed by atoms with Gasteiger partial charge >= 0.3 is 5.69 Å². The number of nitrogens with two attached hydrogens (primary N) is 1. The Hall–Kier alpha value is -2.14. The van der Waals surface area contributed by atoms with Crippen molar-refractivity contribution in [1.82, 2.24) is 9.55 Å². The summed E-state index contributed by atoms with van der Waals surface area (Å²) < 4.78 is 3.42. The second-order valence-electron chi connectivity index (χ2n) is 5.64. The maximum absolute atomic E-state index is 12.4. The number of nitrogen functional groups attached to an aromatic ring is 1. The highest BCUT2D eigenvalue weighted by Crippen LogP contribution is 2.10. The van der Waals surface area contributed by atoms with E-state index in [0.29, 0.717) is 16.6 Å². The average Bonchev–Trinajstić information content (AvgIpc) is 2.66. The molecule has 0 unspecified atom stereocenters. The normalized spacial score (nSPS) is 10.3. The molecule has 0 aliphatic heterocycles. The molecule has 5 nitrogen and oxygen atoms in total. The first-order chi connectivity index (χ1) is 13.0. The van der Waals surface area contributed by atoms with Crippen LogP contribution in [0.25, 0.3) is 16.6 Å². The van der Waals surface area contributed by atoms with Crippen LogP contribution in [0.3, 0.4) is 0 Å². The standard InChI is InChI=1S/C14H9IN2O2.C6H6IN/c15-9-5-7-10(8-6-9)17-13(18)11-3-1-2-4-12(11)16-14(17)19;7-5-1-3-6(8)4-2-5/h1-8H,(H,16,19);1-4H,8H2. The number of aromatic nitrogens is 2. The van der Waals surface area contributed by atoms with Crippen LogP contribution in [0.5, 0.6) is 0 Å². The summed E-state index contributed by atoms with van der Waals surface area (Å²) in [5, 5.41) is 0.501. The molecule has 3 aromatic carbocycles. The number of nitrogens with one attached hydrogen (secondary N) is 1. The largest absolute Gasteiger partial charge is 0.399 e. The van der Waals surface area contributed by atoms with Crippen molar-refractivity contribution in [2.75, 3.05) is 5.73 Å². The van der Waals surface area contributed by atoms with Gasteiger partial charge in [-0.05, 0) is 106 Å². The average molecular weight is 583 g/mol. The number of aromatic amines is 1. The Morgan fingerprint density at radius 1 is 0.778 bits per heavy atom. The Bertz CT molecular complexity index is 1160. The summed E-state index contributed by atoms with van der Waals surface area (Å²) in [5.41, 5.74) is 6.64. The van der Waals surface area contributed by atoms with Gasteiger partial charge in [0, 0.05) is 12.8 Å². The van der Waals surface area contributed by atoms with Crippen molar-refractivity contribution in [3.63, 3.8) is 0 Å². The van der Waals surface area contributed by atoms with Crippen molar-refractivity contribution >= 4 is 61.8 Å². The van der Waals surface area contributed by atoms with E-state index in [1.165, 1.54) is 3.57 Å². The van der Waals surface area contributed by atoms with Crippen molar-refractivity contribution < 1.29 is 0 Å². The highest BCUT2D eigenvalue weighted by Gasteiger charge is 2.08. The Morgan fingerprint density at radius 3 is 1.93 bits per heavy atom. The van der Waals surface area contributed by atoms with Crippen LogP contribution in [-0.2, 0) is 0 Å². The molecule has 0 saturated carbocycles. The van der Waals surface area contributed by atoms with Crippen LogP contribution >= 0.6 is 45.2 Å². The lowest BCUT2D eigenvalue weighted by atomic mass is 10.2. The van der Waals surface area contributed by atoms with Gasteiger partial charge in [0.25, 0.3) is 5.56 Å². The zero-order valence-corrected chi connectivity index (χ0v) is 18.3. The molecule has 27 heavy (non-hydrogen) atoms. The minimum atomic E-state index is -0.426. The third-order valence-corrected chi connectivity index (χ3v) is 5.20. The summed E-state index contributed by atoms with van der Waals surface area (Å²) >= 11 is 4.41. The summed E-state index contributed by atoms with van der Waals surface area (Å²) in [6.45, 7) is 0. The lowest BCUT2D eigenvalue weighted by molar-refractivity contribution is 0.901. The van der Waals surface area contributed by atoms with Gasteiger partial charge < -0.3 is 10.7 Å². The molecule has 3 N–H and O–H groups in total. The second kappa shape index (κ2) is 8.70. The third-order valence-electron chi connectivity index (χ3n) is 3.76. The molecule has 4 rings (SSSR count). The van der Waals surface area contributed by atoms with Crippen LogP contribution in [0.2, 0.25) is 0 Å². The highest BCUT2D eigenvalue weighted by molar-refractivity contribution is 14.1. The number of nitrogens with zero attached hydrogens (tertiary/aromatic N) is 1. The SMILES string of the molecule is Nc1ccc(I)cc1.O=c1[nH]c2ccccc2c(=O)n1-c1ccc(I)cc1. The van der Waals surface area contributed by atoms with Gasteiger partial charge in [0.05, 0.1) is 16.6 Å². The minimum absolute atomic E-state index is 0.305. The molecule has 0 saturated heterocycles. The van der Waals surface area contributed by atoms with E-state index in [2.05, 4.69) is 50.2 Å². The summed E-state index contributed by atoms with van der Waals surface area (Å²) in [6, 6.07) is 22.0. The summed E-state index contributed by atoms with van der Waals surface area (Å²) in [4.78, 5) is 27.1. The van der Waals surface area contributed by atoms with Gasteiger partial charge in [-0.3, -0.25) is 4.79 Å². The number of H-pyrrole nitrogens is 1. The van der Waals surface area contributed by atoms with E-state index in [-0.39, 0.29) is 5.56 Å². The second-order valence-corrected chi connectivity index (χ2v) is 8.14. The summed E-state index contributed by atoms with van der Waals surface area (Å²) in [5.74, 6) is 0. The quantitative estimate of drug-likeness (QED) is 0.261.